The first-order chi connectivity index (χ1) is 11.3. The Morgan fingerprint density at radius 2 is 1.26 bits per heavy atom. The van der Waals surface area contributed by atoms with Crippen LogP contribution in [0.4, 0.5) is 0 Å². The van der Waals surface area contributed by atoms with Crippen molar-refractivity contribution in [3.8, 4) is 0 Å². The zero-order valence-corrected chi connectivity index (χ0v) is 14.3. The lowest BCUT2D eigenvalue weighted by Crippen LogP contribution is -2.29. The molecule has 0 saturated carbocycles. The summed E-state index contributed by atoms with van der Waals surface area (Å²) >= 11 is 0. The lowest BCUT2D eigenvalue weighted by atomic mass is 9.67. The van der Waals surface area contributed by atoms with Gasteiger partial charge in [-0.25, -0.2) is 0 Å². The van der Waals surface area contributed by atoms with Crippen LogP contribution >= 0.6 is 0 Å². The molecule has 0 radical (unpaired) electrons. The van der Waals surface area contributed by atoms with Gasteiger partial charge < -0.3 is 9.31 Å². The molecule has 3 heteroatoms. The predicted molar refractivity (Wildman–Crippen MR) is 97.2 cm³/mol. The molecule has 2 aromatic rings. The molecule has 1 unspecified atom stereocenters. The van der Waals surface area contributed by atoms with Crippen molar-refractivity contribution in [2.75, 3.05) is 0 Å². The summed E-state index contributed by atoms with van der Waals surface area (Å²) in [4.78, 5) is 0. The van der Waals surface area contributed by atoms with Gasteiger partial charge in [-0.3, -0.25) is 0 Å². The van der Waals surface area contributed by atoms with Gasteiger partial charge in [0.05, 0.1) is 13.2 Å². The van der Waals surface area contributed by atoms with E-state index >= 15 is 0 Å². The highest BCUT2D eigenvalue weighted by Gasteiger charge is 2.28. The molecule has 1 atom stereocenters. The van der Waals surface area contributed by atoms with Crippen LogP contribution in [-0.2, 0) is 22.5 Å². The van der Waals surface area contributed by atoms with Crippen LogP contribution in [0.1, 0.15) is 44.2 Å². The van der Waals surface area contributed by atoms with E-state index in [2.05, 4.69) is 38.1 Å². The number of hydrogen-bond donors (Lipinski definition) is 0. The van der Waals surface area contributed by atoms with Crippen molar-refractivity contribution >= 4 is 7.12 Å². The first kappa shape index (κ1) is 17.8. The van der Waals surface area contributed by atoms with Crippen molar-refractivity contribution < 1.29 is 9.31 Å². The van der Waals surface area contributed by atoms with E-state index in [0.29, 0.717) is 19.0 Å². The average molecular weight is 310 g/mol. The highest BCUT2D eigenvalue weighted by atomic mass is 16.6. The molecule has 0 aliphatic rings. The van der Waals surface area contributed by atoms with Crippen LogP contribution in [0.5, 0.6) is 0 Å². The maximum Gasteiger partial charge on any atom is 0.460 e. The van der Waals surface area contributed by atoms with Gasteiger partial charge in [0, 0.05) is 0 Å². The molecule has 0 heterocycles. The summed E-state index contributed by atoms with van der Waals surface area (Å²) in [5.41, 5.74) is 2.37. The van der Waals surface area contributed by atoms with Crippen LogP contribution < -0.4 is 0 Å². The van der Waals surface area contributed by atoms with Crippen molar-refractivity contribution in [3.63, 3.8) is 0 Å². The molecular weight excluding hydrogens is 283 g/mol. The number of benzene rings is 2. The van der Waals surface area contributed by atoms with Gasteiger partial charge in [0.15, 0.2) is 0 Å². The van der Waals surface area contributed by atoms with Crippen molar-refractivity contribution in [1.29, 1.82) is 0 Å². The molecule has 122 valence electrons. The zero-order chi connectivity index (χ0) is 16.3. The molecule has 0 fully saturated rings. The highest BCUT2D eigenvalue weighted by Crippen LogP contribution is 2.24. The molecule has 2 nitrogen and oxygen atoms in total. The van der Waals surface area contributed by atoms with E-state index in [1.54, 1.807) is 0 Å². The summed E-state index contributed by atoms with van der Waals surface area (Å²) in [6.45, 7) is 5.63. The van der Waals surface area contributed by atoms with Gasteiger partial charge in [-0.2, -0.15) is 0 Å². The second-order valence-electron chi connectivity index (χ2n) is 5.92. The van der Waals surface area contributed by atoms with E-state index in [-0.39, 0.29) is 7.12 Å². The van der Waals surface area contributed by atoms with Crippen molar-refractivity contribution in [2.45, 2.75) is 52.1 Å². The Kier molecular flexibility index (Phi) is 7.92. The van der Waals surface area contributed by atoms with Gasteiger partial charge in [0.1, 0.15) is 0 Å². The molecule has 0 aromatic heterocycles. The van der Waals surface area contributed by atoms with Crippen LogP contribution in [0.3, 0.4) is 0 Å². The predicted octanol–water partition coefficient (Wildman–Crippen LogP) is 5.49. The maximum atomic E-state index is 6.13. The van der Waals surface area contributed by atoms with Crippen molar-refractivity contribution in [2.24, 2.45) is 0 Å². The SMILES string of the molecule is CCCC(CC)B(OCc1ccccc1)OCc1ccccc1. The molecule has 2 aromatic carbocycles. The summed E-state index contributed by atoms with van der Waals surface area (Å²) in [6, 6.07) is 20.6. The topological polar surface area (TPSA) is 18.5 Å². The van der Waals surface area contributed by atoms with Gasteiger partial charge in [0.25, 0.3) is 0 Å². The highest BCUT2D eigenvalue weighted by molar-refractivity contribution is 6.46. The molecule has 0 spiro atoms. The third-order valence-electron chi connectivity index (χ3n) is 4.08. The van der Waals surface area contributed by atoms with Crippen molar-refractivity contribution in [1.82, 2.24) is 0 Å². The van der Waals surface area contributed by atoms with E-state index < -0.39 is 0 Å². The van der Waals surface area contributed by atoms with Crippen LogP contribution in [0.25, 0.3) is 0 Å². The molecule has 0 aliphatic heterocycles. The van der Waals surface area contributed by atoms with Crippen LogP contribution in [0, 0.1) is 0 Å². The summed E-state index contributed by atoms with van der Waals surface area (Å²) in [7, 11) is -0.152. The normalized spacial score (nSPS) is 12.1. The smallest absolute Gasteiger partial charge is 0.407 e. The standard InChI is InChI=1S/C20H27BO2/c1-3-11-20(4-2)21(22-16-18-12-7-5-8-13-18)23-17-19-14-9-6-10-15-19/h5-10,12-15,20H,3-4,11,16-17H2,1-2H3. The molecule has 0 bridgehead atoms. The number of rotatable bonds is 10. The van der Waals surface area contributed by atoms with Gasteiger partial charge in [0.2, 0.25) is 0 Å². The Hall–Kier alpha value is -1.58. The fraction of sp³-hybridized carbons (Fsp3) is 0.400. The third-order valence-corrected chi connectivity index (χ3v) is 4.08. The first-order valence-electron chi connectivity index (χ1n) is 8.64. The van der Waals surface area contributed by atoms with Crippen LogP contribution in [-0.4, -0.2) is 7.12 Å². The van der Waals surface area contributed by atoms with Gasteiger partial charge >= 0.3 is 7.12 Å². The molecule has 0 N–H and O–H groups in total. The zero-order valence-electron chi connectivity index (χ0n) is 14.3. The minimum Gasteiger partial charge on any atom is -0.407 e. The molecule has 2 rings (SSSR count). The fourth-order valence-electron chi connectivity index (χ4n) is 2.73. The Morgan fingerprint density at radius 1 is 0.783 bits per heavy atom. The lowest BCUT2D eigenvalue weighted by Gasteiger charge is -2.22. The average Bonchev–Trinajstić information content (AvgIpc) is 2.62. The van der Waals surface area contributed by atoms with E-state index in [9.17, 15) is 0 Å². The first-order valence-corrected chi connectivity index (χ1v) is 8.64. The molecule has 23 heavy (non-hydrogen) atoms. The van der Waals surface area contributed by atoms with E-state index in [4.69, 9.17) is 9.31 Å². The summed E-state index contributed by atoms with van der Waals surface area (Å²) in [5.74, 6) is 0.437. The van der Waals surface area contributed by atoms with Crippen LogP contribution in [0.2, 0.25) is 5.82 Å². The monoisotopic (exact) mass is 310 g/mol. The Morgan fingerprint density at radius 3 is 1.65 bits per heavy atom. The summed E-state index contributed by atoms with van der Waals surface area (Å²) in [6.07, 6.45) is 3.35. The molecule has 0 amide bonds. The second kappa shape index (κ2) is 10.2. The quantitative estimate of drug-likeness (QED) is 0.540. The van der Waals surface area contributed by atoms with E-state index in [1.807, 2.05) is 36.4 Å². The van der Waals surface area contributed by atoms with Gasteiger partial charge in [-0.05, 0) is 16.9 Å². The molecule has 0 aliphatic carbocycles. The lowest BCUT2D eigenvalue weighted by molar-refractivity contribution is 0.170. The Bertz CT molecular complexity index is 486. The number of hydrogen-bond acceptors (Lipinski definition) is 2. The van der Waals surface area contributed by atoms with E-state index in [0.717, 1.165) is 19.3 Å². The minimum absolute atomic E-state index is 0.152. The summed E-state index contributed by atoms with van der Waals surface area (Å²) in [5, 5.41) is 0. The second-order valence-corrected chi connectivity index (χ2v) is 5.92. The van der Waals surface area contributed by atoms with Gasteiger partial charge in [-0.1, -0.05) is 93.8 Å². The van der Waals surface area contributed by atoms with Crippen molar-refractivity contribution in [3.05, 3.63) is 71.8 Å². The fourth-order valence-corrected chi connectivity index (χ4v) is 2.73. The van der Waals surface area contributed by atoms with E-state index in [1.165, 1.54) is 11.1 Å². The molecular formula is C20H27BO2. The summed E-state index contributed by atoms with van der Waals surface area (Å²) < 4.78 is 12.3. The Balaban J connectivity index is 1.95. The maximum absolute atomic E-state index is 6.13. The molecule has 0 saturated heterocycles. The van der Waals surface area contributed by atoms with Crippen LogP contribution in [0.15, 0.2) is 60.7 Å². The third kappa shape index (κ3) is 6.21. The van der Waals surface area contributed by atoms with Gasteiger partial charge in [-0.15, -0.1) is 0 Å². The Labute approximate surface area is 141 Å². The minimum atomic E-state index is -0.152. The largest absolute Gasteiger partial charge is 0.460 e.